The second-order valence-corrected chi connectivity index (χ2v) is 9.44. The summed E-state index contributed by atoms with van der Waals surface area (Å²) in [5.74, 6) is 0.577. The number of hydrogen-bond acceptors (Lipinski definition) is 5. The number of thiophene rings is 1. The van der Waals surface area contributed by atoms with Crippen molar-refractivity contribution >= 4 is 17.3 Å². The van der Waals surface area contributed by atoms with Gasteiger partial charge in [-0.25, -0.2) is 0 Å². The first kappa shape index (κ1) is 22.4. The maximum Gasteiger partial charge on any atom is 0.320 e. The van der Waals surface area contributed by atoms with Gasteiger partial charge >= 0.3 is 5.97 Å². The minimum Gasteiger partial charge on any atom is -0.493 e. The molecule has 1 fully saturated rings. The molecule has 2 atom stereocenters. The molecule has 32 heavy (non-hydrogen) atoms. The van der Waals surface area contributed by atoms with Crippen LogP contribution in [0.15, 0.2) is 60.7 Å². The molecular formula is C26H29NO4S. The van der Waals surface area contributed by atoms with Crippen LogP contribution in [0.5, 0.6) is 11.5 Å². The number of aryl methyl sites for hydroxylation is 1. The van der Waals surface area contributed by atoms with Crippen molar-refractivity contribution in [2.24, 2.45) is 0 Å². The third kappa shape index (κ3) is 4.97. The molecule has 5 nitrogen and oxygen atoms in total. The Morgan fingerprint density at radius 1 is 1.12 bits per heavy atom. The third-order valence-electron chi connectivity index (χ3n) is 5.93. The first-order valence-electron chi connectivity index (χ1n) is 11.0. The highest BCUT2D eigenvalue weighted by molar-refractivity contribution is 7.12. The molecule has 4 rings (SSSR count). The van der Waals surface area contributed by atoms with Crippen LogP contribution < -0.4 is 9.47 Å². The van der Waals surface area contributed by atoms with Gasteiger partial charge in [-0.1, -0.05) is 42.8 Å². The lowest BCUT2D eigenvalue weighted by Crippen LogP contribution is -2.46. The molecule has 0 radical (unpaired) electrons. The molecule has 3 aromatic rings. The number of ether oxygens (including phenoxy) is 2. The zero-order chi connectivity index (χ0) is 22.5. The quantitative estimate of drug-likeness (QED) is 0.478. The minimum atomic E-state index is -0.752. The number of hydrogen-bond donors (Lipinski definition) is 1. The average Bonchev–Trinajstić information content (AvgIpc) is 3.24. The molecule has 1 saturated heterocycles. The van der Waals surface area contributed by atoms with Crippen LogP contribution in [-0.4, -0.2) is 35.7 Å². The van der Waals surface area contributed by atoms with Gasteiger partial charge in [0.15, 0.2) is 11.5 Å². The molecule has 0 aliphatic carbocycles. The number of nitrogens with zero attached hydrogens (tertiary/aromatic N) is 1. The van der Waals surface area contributed by atoms with E-state index in [9.17, 15) is 9.90 Å². The lowest BCUT2D eigenvalue weighted by atomic mass is 9.95. The van der Waals surface area contributed by atoms with Crippen molar-refractivity contribution in [1.82, 2.24) is 4.90 Å². The summed E-state index contributed by atoms with van der Waals surface area (Å²) >= 11 is 1.72. The number of carboxylic acid groups (broad SMARTS) is 1. The van der Waals surface area contributed by atoms with Crippen molar-refractivity contribution in [3.8, 4) is 11.5 Å². The Hall–Kier alpha value is -2.83. The van der Waals surface area contributed by atoms with Gasteiger partial charge in [-0.2, -0.15) is 0 Å². The number of carbonyl (C=O) groups is 1. The minimum absolute atomic E-state index is 0.132. The molecule has 2 heterocycles. The van der Waals surface area contributed by atoms with Crippen LogP contribution >= 0.6 is 11.3 Å². The van der Waals surface area contributed by atoms with E-state index in [1.807, 2.05) is 48.5 Å². The predicted octanol–water partition coefficient (Wildman–Crippen LogP) is 5.67. The van der Waals surface area contributed by atoms with Crippen molar-refractivity contribution in [2.45, 2.75) is 44.9 Å². The van der Waals surface area contributed by atoms with Gasteiger partial charge in [0.2, 0.25) is 0 Å². The Morgan fingerprint density at radius 2 is 1.94 bits per heavy atom. The van der Waals surface area contributed by atoms with Crippen molar-refractivity contribution < 1.29 is 19.4 Å². The number of rotatable bonds is 8. The molecule has 0 spiro atoms. The molecule has 168 valence electrons. The second kappa shape index (κ2) is 10.2. The van der Waals surface area contributed by atoms with E-state index in [-0.39, 0.29) is 6.04 Å². The number of aliphatic carboxylic acids is 1. The summed E-state index contributed by atoms with van der Waals surface area (Å²) < 4.78 is 11.7. The SMILES string of the molecule is COc1cc(C(c2ccc(C)s2)N2CCCCC2C(=O)O)ccc1OCc1ccccc1. The van der Waals surface area contributed by atoms with Crippen molar-refractivity contribution in [3.05, 3.63) is 81.5 Å². The molecule has 0 amide bonds. The number of likely N-dealkylation sites (tertiary alicyclic amines) is 1. The van der Waals surface area contributed by atoms with Gasteiger partial charge in [-0.05, 0) is 61.7 Å². The number of benzene rings is 2. The zero-order valence-corrected chi connectivity index (χ0v) is 19.3. The molecule has 1 N–H and O–H groups in total. The smallest absolute Gasteiger partial charge is 0.320 e. The normalized spacial score (nSPS) is 17.6. The summed E-state index contributed by atoms with van der Waals surface area (Å²) in [5.41, 5.74) is 2.10. The maximum absolute atomic E-state index is 12.1. The van der Waals surface area contributed by atoms with E-state index in [1.54, 1.807) is 18.4 Å². The molecule has 1 aromatic heterocycles. The monoisotopic (exact) mass is 451 g/mol. The van der Waals surface area contributed by atoms with Crippen LogP contribution in [0.3, 0.4) is 0 Å². The molecule has 0 saturated carbocycles. The van der Waals surface area contributed by atoms with E-state index < -0.39 is 12.0 Å². The molecular weight excluding hydrogens is 422 g/mol. The third-order valence-corrected chi connectivity index (χ3v) is 6.99. The van der Waals surface area contributed by atoms with Crippen molar-refractivity contribution in [2.75, 3.05) is 13.7 Å². The molecule has 2 aromatic carbocycles. The Kier molecular flexibility index (Phi) is 7.12. The van der Waals surface area contributed by atoms with Gasteiger partial charge in [0, 0.05) is 9.75 Å². The Morgan fingerprint density at radius 3 is 2.62 bits per heavy atom. The topological polar surface area (TPSA) is 59.0 Å². The Labute approximate surface area is 193 Å². The van der Waals surface area contributed by atoms with E-state index in [0.717, 1.165) is 35.4 Å². The van der Waals surface area contributed by atoms with E-state index in [0.29, 0.717) is 24.5 Å². The van der Waals surface area contributed by atoms with Crippen molar-refractivity contribution in [1.29, 1.82) is 0 Å². The van der Waals surface area contributed by atoms with E-state index in [1.165, 1.54) is 4.88 Å². The summed E-state index contributed by atoms with van der Waals surface area (Å²) in [6, 6.07) is 19.6. The van der Waals surface area contributed by atoms with Crippen LogP contribution in [0.25, 0.3) is 0 Å². The highest BCUT2D eigenvalue weighted by Gasteiger charge is 2.36. The molecule has 6 heteroatoms. The average molecular weight is 452 g/mol. The molecule has 0 bridgehead atoms. The van der Waals surface area contributed by atoms with Gasteiger partial charge in [0.25, 0.3) is 0 Å². The fourth-order valence-electron chi connectivity index (χ4n) is 4.36. The predicted molar refractivity (Wildman–Crippen MR) is 127 cm³/mol. The van der Waals surface area contributed by atoms with Gasteiger partial charge < -0.3 is 14.6 Å². The van der Waals surface area contributed by atoms with E-state index in [4.69, 9.17) is 9.47 Å². The summed E-state index contributed by atoms with van der Waals surface area (Å²) in [4.78, 5) is 16.5. The summed E-state index contributed by atoms with van der Waals surface area (Å²) in [5, 5.41) is 9.90. The molecule has 2 unspecified atom stereocenters. The summed E-state index contributed by atoms with van der Waals surface area (Å²) in [6.07, 6.45) is 2.62. The number of methoxy groups -OCH3 is 1. The van der Waals surface area contributed by atoms with Crippen LogP contribution in [0, 0.1) is 6.92 Å². The van der Waals surface area contributed by atoms with Gasteiger partial charge in [0.1, 0.15) is 12.6 Å². The summed E-state index contributed by atoms with van der Waals surface area (Å²) in [7, 11) is 1.64. The first-order chi connectivity index (χ1) is 15.6. The second-order valence-electron chi connectivity index (χ2n) is 8.12. The van der Waals surface area contributed by atoms with Crippen molar-refractivity contribution in [3.63, 3.8) is 0 Å². The molecule has 1 aliphatic heterocycles. The lowest BCUT2D eigenvalue weighted by molar-refractivity contribution is -0.145. The van der Waals surface area contributed by atoms with Crippen LogP contribution in [0.1, 0.15) is 46.2 Å². The zero-order valence-electron chi connectivity index (χ0n) is 18.5. The lowest BCUT2D eigenvalue weighted by Gasteiger charge is -2.39. The van der Waals surface area contributed by atoms with Gasteiger partial charge in [-0.3, -0.25) is 9.69 Å². The fourth-order valence-corrected chi connectivity index (χ4v) is 5.38. The Balaban J connectivity index is 1.67. The largest absolute Gasteiger partial charge is 0.493 e. The van der Waals surface area contributed by atoms with Gasteiger partial charge in [0.05, 0.1) is 13.2 Å². The van der Waals surface area contributed by atoms with Gasteiger partial charge in [-0.15, -0.1) is 11.3 Å². The van der Waals surface area contributed by atoms with Crippen LogP contribution in [0.4, 0.5) is 0 Å². The highest BCUT2D eigenvalue weighted by atomic mass is 32.1. The van der Waals surface area contributed by atoms with Crippen LogP contribution in [-0.2, 0) is 11.4 Å². The maximum atomic E-state index is 12.1. The Bertz CT molecular complexity index is 1050. The number of carboxylic acids is 1. The summed E-state index contributed by atoms with van der Waals surface area (Å²) in [6.45, 7) is 3.29. The fraction of sp³-hybridized carbons (Fsp3) is 0.346. The standard InChI is InChI=1S/C26H29NO4S/c1-18-11-14-24(32-18)25(27-15-7-6-10-21(27)26(28)29)20-12-13-22(23(16-20)30-2)31-17-19-8-4-3-5-9-19/h3-5,8-9,11-14,16,21,25H,6-7,10,15,17H2,1-2H3,(H,28,29). The van der Waals surface area contributed by atoms with Crippen LogP contribution in [0.2, 0.25) is 0 Å². The molecule has 1 aliphatic rings. The highest BCUT2D eigenvalue weighted by Crippen LogP contribution is 2.40. The van der Waals surface area contributed by atoms with E-state index in [2.05, 4.69) is 24.0 Å². The first-order valence-corrected chi connectivity index (χ1v) is 11.8. The number of piperidine rings is 1. The van der Waals surface area contributed by atoms with E-state index >= 15 is 0 Å².